The molecule has 0 spiro atoms. The maximum Gasteiger partial charge on any atom is 0.335 e. The summed E-state index contributed by atoms with van der Waals surface area (Å²) in [6.07, 6.45) is 0. The number of aromatic carboxylic acids is 1. The highest BCUT2D eigenvalue weighted by atomic mass is 35.5. The van der Waals surface area contributed by atoms with E-state index in [1.165, 1.54) is 12.1 Å². The second-order valence-electron chi connectivity index (χ2n) is 4.18. The molecule has 0 radical (unpaired) electrons. The van der Waals surface area contributed by atoms with Gasteiger partial charge in [-0.3, -0.25) is 4.79 Å². The van der Waals surface area contributed by atoms with Gasteiger partial charge in [-0.1, -0.05) is 23.7 Å². The Morgan fingerprint density at radius 3 is 2.62 bits per heavy atom. The fourth-order valence-corrected chi connectivity index (χ4v) is 1.81. The maximum atomic E-state index is 11.7. The van der Waals surface area contributed by atoms with Crippen LogP contribution in [-0.4, -0.2) is 23.6 Å². The van der Waals surface area contributed by atoms with Crippen LogP contribution < -0.4 is 10.1 Å². The van der Waals surface area contributed by atoms with Crippen LogP contribution in [0.15, 0.2) is 48.5 Å². The Bertz CT molecular complexity index is 672. The first kappa shape index (κ1) is 14.9. The van der Waals surface area contributed by atoms with E-state index in [-0.39, 0.29) is 12.2 Å². The lowest BCUT2D eigenvalue weighted by atomic mass is 10.2. The lowest BCUT2D eigenvalue weighted by Crippen LogP contribution is -2.20. The van der Waals surface area contributed by atoms with E-state index in [0.717, 1.165) is 0 Å². The first-order valence-electron chi connectivity index (χ1n) is 6.06. The van der Waals surface area contributed by atoms with Gasteiger partial charge in [-0.25, -0.2) is 4.79 Å². The van der Waals surface area contributed by atoms with Crippen molar-refractivity contribution in [2.75, 3.05) is 11.9 Å². The van der Waals surface area contributed by atoms with Gasteiger partial charge >= 0.3 is 5.97 Å². The molecule has 108 valence electrons. The SMILES string of the molecule is O=C(COc1cccc(Cl)c1)Nc1cccc(C(=O)O)c1. The minimum Gasteiger partial charge on any atom is -0.484 e. The molecule has 2 rings (SSSR count). The van der Waals surface area contributed by atoms with Crippen LogP contribution in [0, 0.1) is 0 Å². The second-order valence-corrected chi connectivity index (χ2v) is 4.62. The molecule has 0 atom stereocenters. The number of anilines is 1. The zero-order valence-electron chi connectivity index (χ0n) is 10.9. The predicted molar refractivity (Wildman–Crippen MR) is 79.0 cm³/mol. The Morgan fingerprint density at radius 1 is 1.14 bits per heavy atom. The maximum absolute atomic E-state index is 11.7. The Labute approximate surface area is 126 Å². The van der Waals surface area contributed by atoms with Gasteiger partial charge in [-0.05, 0) is 36.4 Å². The van der Waals surface area contributed by atoms with Crippen molar-refractivity contribution in [2.24, 2.45) is 0 Å². The van der Waals surface area contributed by atoms with Crippen molar-refractivity contribution in [1.82, 2.24) is 0 Å². The molecular formula is C15H12ClNO4. The molecule has 6 heteroatoms. The van der Waals surface area contributed by atoms with E-state index in [4.69, 9.17) is 21.4 Å². The number of nitrogens with one attached hydrogen (secondary N) is 1. The Morgan fingerprint density at radius 2 is 1.90 bits per heavy atom. The van der Waals surface area contributed by atoms with Gasteiger partial charge in [0.15, 0.2) is 6.61 Å². The highest BCUT2D eigenvalue weighted by Crippen LogP contribution is 2.17. The first-order valence-corrected chi connectivity index (χ1v) is 6.44. The third-order valence-electron chi connectivity index (χ3n) is 2.56. The summed E-state index contributed by atoms with van der Waals surface area (Å²) < 4.78 is 5.29. The van der Waals surface area contributed by atoms with Crippen molar-refractivity contribution >= 4 is 29.2 Å². The third kappa shape index (κ3) is 4.50. The quantitative estimate of drug-likeness (QED) is 0.890. The molecule has 5 nitrogen and oxygen atoms in total. The van der Waals surface area contributed by atoms with Gasteiger partial charge in [0.25, 0.3) is 5.91 Å². The van der Waals surface area contributed by atoms with Gasteiger partial charge in [0.2, 0.25) is 0 Å². The number of ether oxygens (including phenoxy) is 1. The van der Waals surface area contributed by atoms with Crippen molar-refractivity contribution in [3.63, 3.8) is 0 Å². The van der Waals surface area contributed by atoms with Crippen LogP contribution in [0.2, 0.25) is 5.02 Å². The molecule has 0 aliphatic heterocycles. The summed E-state index contributed by atoms with van der Waals surface area (Å²) in [6.45, 7) is -0.197. The number of carbonyl (C=O) groups is 2. The molecular weight excluding hydrogens is 294 g/mol. The number of amides is 1. The molecule has 1 amide bonds. The number of carboxylic acid groups (broad SMARTS) is 1. The average Bonchev–Trinajstić information content (AvgIpc) is 2.45. The fourth-order valence-electron chi connectivity index (χ4n) is 1.63. The molecule has 0 saturated heterocycles. The van der Waals surface area contributed by atoms with Crippen molar-refractivity contribution in [2.45, 2.75) is 0 Å². The van der Waals surface area contributed by atoms with E-state index < -0.39 is 11.9 Å². The van der Waals surface area contributed by atoms with Crippen LogP contribution in [0.25, 0.3) is 0 Å². The number of hydrogen-bond donors (Lipinski definition) is 2. The second kappa shape index (κ2) is 6.76. The lowest BCUT2D eigenvalue weighted by molar-refractivity contribution is -0.118. The standard InChI is InChI=1S/C15H12ClNO4/c16-11-4-2-6-13(8-11)21-9-14(18)17-12-5-1-3-10(7-12)15(19)20/h1-8H,9H2,(H,17,18)(H,19,20). The summed E-state index contributed by atoms with van der Waals surface area (Å²) in [5.41, 5.74) is 0.498. The molecule has 0 saturated carbocycles. The molecule has 0 bridgehead atoms. The predicted octanol–water partition coefficient (Wildman–Crippen LogP) is 3.06. The largest absolute Gasteiger partial charge is 0.484 e. The van der Waals surface area contributed by atoms with Gasteiger partial charge in [0, 0.05) is 10.7 Å². The van der Waals surface area contributed by atoms with Crippen molar-refractivity contribution in [3.8, 4) is 5.75 Å². The molecule has 2 aromatic rings. The molecule has 0 aliphatic carbocycles. The first-order chi connectivity index (χ1) is 10.0. The van der Waals surface area contributed by atoms with Crippen LogP contribution in [0.1, 0.15) is 10.4 Å². The van der Waals surface area contributed by atoms with Gasteiger partial charge in [0.1, 0.15) is 5.75 Å². The van der Waals surface area contributed by atoms with Crippen LogP contribution >= 0.6 is 11.6 Å². The van der Waals surface area contributed by atoms with E-state index in [0.29, 0.717) is 16.5 Å². The van der Waals surface area contributed by atoms with Crippen LogP contribution in [0.5, 0.6) is 5.75 Å². The monoisotopic (exact) mass is 305 g/mol. The number of halogens is 1. The minimum atomic E-state index is -1.05. The number of carboxylic acids is 1. The molecule has 0 heterocycles. The number of benzene rings is 2. The summed E-state index contributed by atoms with van der Waals surface area (Å²) in [5.74, 6) is -0.962. The molecule has 0 unspecified atom stereocenters. The smallest absolute Gasteiger partial charge is 0.335 e. The molecule has 0 aliphatic rings. The Balaban J connectivity index is 1.93. The molecule has 0 aromatic heterocycles. The number of carbonyl (C=O) groups excluding carboxylic acids is 1. The molecule has 0 fully saturated rings. The zero-order valence-corrected chi connectivity index (χ0v) is 11.6. The van der Waals surface area contributed by atoms with Crippen LogP contribution in [0.3, 0.4) is 0 Å². The highest BCUT2D eigenvalue weighted by molar-refractivity contribution is 6.30. The van der Waals surface area contributed by atoms with Gasteiger partial charge in [0.05, 0.1) is 5.56 Å². The van der Waals surface area contributed by atoms with E-state index in [1.54, 1.807) is 36.4 Å². The molecule has 2 N–H and O–H groups in total. The van der Waals surface area contributed by atoms with Crippen LogP contribution in [0.4, 0.5) is 5.69 Å². The fraction of sp³-hybridized carbons (Fsp3) is 0.0667. The Kier molecular flexibility index (Phi) is 4.79. The summed E-state index contributed by atoms with van der Waals surface area (Å²) in [6, 6.07) is 12.7. The summed E-state index contributed by atoms with van der Waals surface area (Å²) in [7, 11) is 0. The van der Waals surface area contributed by atoms with Crippen molar-refractivity contribution in [3.05, 3.63) is 59.1 Å². The minimum absolute atomic E-state index is 0.101. The normalized spacial score (nSPS) is 9.95. The third-order valence-corrected chi connectivity index (χ3v) is 2.79. The van der Waals surface area contributed by atoms with Crippen LogP contribution in [-0.2, 0) is 4.79 Å². The topological polar surface area (TPSA) is 75.6 Å². The summed E-state index contributed by atoms with van der Waals surface area (Å²) in [4.78, 5) is 22.6. The van der Waals surface area contributed by atoms with E-state index in [2.05, 4.69) is 5.32 Å². The van der Waals surface area contributed by atoms with E-state index in [9.17, 15) is 9.59 Å². The van der Waals surface area contributed by atoms with Gasteiger partial charge in [-0.2, -0.15) is 0 Å². The molecule has 21 heavy (non-hydrogen) atoms. The summed E-state index contributed by atoms with van der Waals surface area (Å²) in [5, 5.41) is 11.9. The number of rotatable bonds is 5. The Hall–Kier alpha value is -2.53. The van der Waals surface area contributed by atoms with E-state index >= 15 is 0 Å². The lowest BCUT2D eigenvalue weighted by Gasteiger charge is -2.08. The summed E-state index contributed by atoms with van der Waals surface area (Å²) >= 11 is 5.80. The zero-order chi connectivity index (χ0) is 15.2. The highest BCUT2D eigenvalue weighted by Gasteiger charge is 2.07. The average molecular weight is 306 g/mol. The van der Waals surface area contributed by atoms with Gasteiger partial charge in [-0.15, -0.1) is 0 Å². The van der Waals surface area contributed by atoms with E-state index in [1.807, 2.05) is 0 Å². The van der Waals surface area contributed by atoms with Gasteiger partial charge < -0.3 is 15.2 Å². The molecule has 2 aromatic carbocycles. The van der Waals surface area contributed by atoms with Crippen molar-refractivity contribution in [1.29, 1.82) is 0 Å². The van der Waals surface area contributed by atoms with Crippen molar-refractivity contribution < 1.29 is 19.4 Å². The number of hydrogen-bond acceptors (Lipinski definition) is 3.